The summed E-state index contributed by atoms with van der Waals surface area (Å²) in [6.07, 6.45) is 1.94. The molecule has 0 aliphatic carbocycles. The lowest BCUT2D eigenvalue weighted by Crippen LogP contribution is -2.35. The van der Waals surface area contributed by atoms with Crippen LogP contribution >= 0.6 is 0 Å². The van der Waals surface area contributed by atoms with Crippen LogP contribution in [0.1, 0.15) is 64.5 Å². The Labute approximate surface area is 215 Å². The third kappa shape index (κ3) is 12.9. The molecule has 0 heterocycles. The summed E-state index contributed by atoms with van der Waals surface area (Å²) in [5.41, 5.74) is 1.48. The maximum atomic E-state index is 12.4. The number of benzene rings is 2. The van der Waals surface area contributed by atoms with E-state index in [1.54, 1.807) is 0 Å². The predicted octanol–water partition coefficient (Wildman–Crippen LogP) is 5.21. The molecule has 2 amide bonds. The Hall–Kier alpha value is -3.35. The smallest absolute Gasteiger partial charge is 0.407 e. The van der Waals surface area contributed by atoms with Gasteiger partial charge in [0.05, 0.1) is 0 Å². The van der Waals surface area contributed by atoms with Crippen LogP contribution in [0.4, 0.5) is 4.79 Å². The number of carbonyl (C=O) groups excluding carboxylic acids is 3. The number of nitrogens with one attached hydrogen (secondary N) is 2. The minimum atomic E-state index is -0.532. The fourth-order valence-electron chi connectivity index (χ4n) is 3.46. The van der Waals surface area contributed by atoms with Crippen molar-refractivity contribution in [2.45, 2.75) is 72.0 Å². The molecule has 7 nitrogen and oxygen atoms in total. The first-order valence-corrected chi connectivity index (χ1v) is 12.6. The fraction of sp³-hybridized carbons (Fsp3) is 0.483. The first kappa shape index (κ1) is 28.9. The lowest BCUT2D eigenvalue weighted by molar-refractivity contribution is -0.122. The second kappa shape index (κ2) is 14.9. The van der Waals surface area contributed by atoms with Crippen molar-refractivity contribution in [1.82, 2.24) is 10.6 Å². The molecular weight excluding hydrogens is 456 g/mol. The van der Waals surface area contributed by atoms with E-state index in [1.165, 1.54) is 0 Å². The lowest BCUT2D eigenvalue weighted by atomic mass is 10.0. The summed E-state index contributed by atoms with van der Waals surface area (Å²) in [6, 6.07) is 17.6. The van der Waals surface area contributed by atoms with Gasteiger partial charge in [-0.05, 0) is 62.8 Å². The summed E-state index contributed by atoms with van der Waals surface area (Å²) < 4.78 is 11.0. The van der Waals surface area contributed by atoms with Crippen molar-refractivity contribution in [3.63, 3.8) is 0 Å². The third-order valence-electron chi connectivity index (χ3n) is 5.36. The van der Waals surface area contributed by atoms with E-state index in [4.69, 9.17) is 9.47 Å². The summed E-state index contributed by atoms with van der Waals surface area (Å²) >= 11 is 0. The van der Waals surface area contributed by atoms with E-state index in [0.29, 0.717) is 51.8 Å². The summed E-state index contributed by atoms with van der Waals surface area (Å²) in [4.78, 5) is 36.2. The Balaban J connectivity index is 1.58. The van der Waals surface area contributed by atoms with Crippen LogP contribution in [0.15, 0.2) is 54.6 Å². The molecule has 0 fully saturated rings. The van der Waals surface area contributed by atoms with E-state index >= 15 is 0 Å². The zero-order valence-corrected chi connectivity index (χ0v) is 22.0. The van der Waals surface area contributed by atoms with Crippen LogP contribution < -0.4 is 15.4 Å². The Morgan fingerprint density at radius 1 is 0.917 bits per heavy atom. The summed E-state index contributed by atoms with van der Waals surface area (Å²) in [6.45, 7) is 8.82. The molecule has 2 aromatic carbocycles. The van der Waals surface area contributed by atoms with Crippen LogP contribution in [0.25, 0.3) is 0 Å². The monoisotopic (exact) mass is 496 g/mol. The number of ether oxygens (including phenoxy) is 2. The molecule has 0 spiro atoms. The second-order valence-electron chi connectivity index (χ2n) is 10.1. The first-order valence-electron chi connectivity index (χ1n) is 12.6. The minimum Gasteiger partial charge on any atom is -0.489 e. The largest absolute Gasteiger partial charge is 0.489 e. The van der Waals surface area contributed by atoms with Gasteiger partial charge in [-0.25, -0.2) is 4.79 Å². The molecule has 1 atom stereocenters. The van der Waals surface area contributed by atoms with E-state index in [9.17, 15) is 14.4 Å². The zero-order chi connectivity index (χ0) is 26.4. The maximum Gasteiger partial charge on any atom is 0.407 e. The summed E-state index contributed by atoms with van der Waals surface area (Å²) in [5.74, 6) is 0.977. The number of hydrogen-bond acceptors (Lipinski definition) is 5. The van der Waals surface area contributed by atoms with Crippen LogP contribution in [0, 0.1) is 5.92 Å². The van der Waals surface area contributed by atoms with Gasteiger partial charge in [0.15, 0.2) is 0 Å². The molecule has 2 aromatic rings. The van der Waals surface area contributed by atoms with Gasteiger partial charge in [0.1, 0.15) is 23.7 Å². The first-order chi connectivity index (χ1) is 17.1. The van der Waals surface area contributed by atoms with Crippen LogP contribution in [-0.2, 0) is 27.4 Å². The van der Waals surface area contributed by atoms with Gasteiger partial charge in [-0.1, -0.05) is 49.4 Å². The van der Waals surface area contributed by atoms with Crippen molar-refractivity contribution in [2.75, 3.05) is 13.1 Å². The second-order valence-corrected chi connectivity index (χ2v) is 10.1. The Bertz CT molecular complexity index is 969. The number of carbonyl (C=O) groups is 3. The van der Waals surface area contributed by atoms with Crippen LogP contribution in [0.5, 0.6) is 5.75 Å². The van der Waals surface area contributed by atoms with Crippen molar-refractivity contribution in [3.05, 3.63) is 65.7 Å². The van der Waals surface area contributed by atoms with Gasteiger partial charge in [-0.2, -0.15) is 0 Å². The number of hydrogen-bond donors (Lipinski definition) is 2. The van der Waals surface area contributed by atoms with Gasteiger partial charge < -0.3 is 20.1 Å². The molecule has 7 heteroatoms. The molecular formula is C29H40N2O5. The minimum absolute atomic E-state index is 0.0465. The summed E-state index contributed by atoms with van der Waals surface area (Å²) in [7, 11) is 0. The number of alkyl carbamates (subject to hydrolysis) is 1. The van der Waals surface area contributed by atoms with E-state index in [-0.39, 0.29) is 17.6 Å². The molecule has 2 N–H and O–H groups in total. The standard InChI is InChI=1S/C29H40N2O5/c1-22(20-31-28(34)36-29(2,3)4)15-16-27(33)30-17-9-13-25(32)18-24-12-8-14-26(19-24)35-21-23-10-6-5-7-11-23/h5-8,10-12,14,19,22H,9,13,15-18,20-21H2,1-4H3,(H,30,33)(H,31,34). The highest BCUT2D eigenvalue weighted by atomic mass is 16.6. The van der Waals surface area contributed by atoms with Gasteiger partial charge in [-0.3, -0.25) is 9.59 Å². The Kier molecular flexibility index (Phi) is 12.0. The molecule has 0 bridgehead atoms. The third-order valence-corrected chi connectivity index (χ3v) is 5.36. The van der Waals surface area contributed by atoms with Crippen molar-refractivity contribution in [1.29, 1.82) is 0 Å². The molecule has 0 saturated heterocycles. The Morgan fingerprint density at radius 3 is 2.36 bits per heavy atom. The number of amides is 2. The zero-order valence-electron chi connectivity index (χ0n) is 22.0. The molecule has 0 aliphatic rings. The fourth-order valence-corrected chi connectivity index (χ4v) is 3.46. The van der Waals surface area contributed by atoms with Crippen LogP contribution in [-0.4, -0.2) is 36.5 Å². The molecule has 0 radical (unpaired) electrons. The highest BCUT2D eigenvalue weighted by Crippen LogP contribution is 2.16. The van der Waals surface area contributed by atoms with Crippen molar-refractivity contribution < 1.29 is 23.9 Å². The predicted molar refractivity (Wildman–Crippen MR) is 141 cm³/mol. The average molecular weight is 497 g/mol. The molecule has 2 rings (SSSR count). The van der Waals surface area contributed by atoms with Crippen molar-refractivity contribution in [2.24, 2.45) is 5.92 Å². The molecule has 0 saturated carbocycles. The Morgan fingerprint density at radius 2 is 1.64 bits per heavy atom. The van der Waals surface area contributed by atoms with E-state index < -0.39 is 11.7 Å². The van der Waals surface area contributed by atoms with Crippen LogP contribution in [0.3, 0.4) is 0 Å². The molecule has 1 unspecified atom stereocenters. The quantitative estimate of drug-likeness (QED) is 0.350. The van der Waals surface area contributed by atoms with E-state index in [0.717, 1.165) is 16.9 Å². The highest BCUT2D eigenvalue weighted by Gasteiger charge is 2.16. The molecule has 36 heavy (non-hydrogen) atoms. The van der Waals surface area contributed by atoms with Gasteiger partial charge in [0, 0.05) is 32.4 Å². The van der Waals surface area contributed by atoms with Gasteiger partial charge in [-0.15, -0.1) is 0 Å². The molecule has 196 valence electrons. The van der Waals surface area contributed by atoms with E-state index in [2.05, 4.69) is 10.6 Å². The maximum absolute atomic E-state index is 12.4. The number of rotatable bonds is 14. The topological polar surface area (TPSA) is 93.7 Å². The van der Waals surface area contributed by atoms with Gasteiger partial charge in [0.25, 0.3) is 0 Å². The lowest BCUT2D eigenvalue weighted by Gasteiger charge is -2.20. The normalized spacial score (nSPS) is 11.9. The highest BCUT2D eigenvalue weighted by molar-refractivity contribution is 5.81. The molecule has 0 aliphatic heterocycles. The SMILES string of the molecule is CC(CCC(=O)NCCCC(=O)Cc1cccc(OCc2ccccc2)c1)CNC(=O)OC(C)(C)C. The number of ketones is 1. The van der Waals surface area contributed by atoms with Crippen LogP contribution in [0.2, 0.25) is 0 Å². The van der Waals surface area contributed by atoms with E-state index in [1.807, 2.05) is 82.3 Å². The van der Waals surface area contributed by atoms with Gasteiger partial charge in [0.2, 0.25) is 5.91 Å². The average Bonchev–Trinajstić information content (AvgIpc) is 2.82. The summed E-state index contributed by atoms with van der Waals surface area (Å²) in [5, 5.41) is 5.60. The van der Waals surface area contributed by atoms with Crippen molar-refractivity contribution >= 4 is 17.8 Å². The van der Waals surface area contributed by atoms with Crippen molar-refractivity contribution in [3.8, 4) is 5.75 Å². The number of Topliss-reactive ketones (excluding diaryl/α,β-unsaturated/α-hetero) is 1. The van der Waals surface area contributed by atoms with Gasteiger partial charge >= 0.3 is 6.09 Å². The molecule has 0 aromatic heterocycles.